The molecule has 2 amide bonds. The smallest absolute Gasteiger partial charge is 0.305 e. The van der Waals surface area contributed by atoms with Crippen LogP contribution in [0.5, 0.6) is 0 Å². The number of hydrogen-bond donors (Lipinski definition) is 3. The second-order valence-electron chi connectivity index (χ2n) is 12.7. The van der Waals surface area contributed by atoms with Gasteiger partial charge in [0.05, 0.1) is 79.5 Å². The Labute approximate surface area is 319 Å². The number of allylic oxidation sites excluding steroid dienone is 3. The van der Waals surface area contributed by atoms with Crippen molar-refractivity contribution >= 4 is 51.1 Å². The monoisotopic (exact) mass is 743 g/mol. The van der Waals surface area contributed by atoms with Gasteiger partial charge >= 0.3 is 5.97 Å². The highest BCUT2D eigenvalue weighted by molar-refractivity contribution is 6.23. The van der Waals surface area contributed by atoms with Gasteiger partial charge in [-0.2, -0.15) is 0 Å². The number of carbonyl (C=O) groups excluding carboxylic acids is 3. The summed E-state index contributed by atoms with van der Waals surface area (Å²) in [4.78, 5) is 56.2. The van der Waals surface area contributed by atoms with Crippen molar-refractivity contribution in [1.82, 2.24) is 24.8 Å². The van der Waals surface area contributed by atoms with Crippen LogP contribution in [-0.4, -0.2) is 94.9 Å². The van der Waals surface area contributed by atoms with E-state index in [0.29, 0.717) is 48.4 Å². The molecule has 3 N–H and O–H groups in total. The van der Waals surface area contributed by atoms with Gasteiger partial charge in [-0.05, 0) is 74.1 Å². The van der Waals surface area contributed by atoms with E-state index in [1.165, 1.54) is 12.0 Å². The number of carbonyl (C=O) groups is 3. The molecule has 0 aliphatic carbocycles. The number of amides is 2. The van der Waals surface area contributed by atoms with Gasteiger partial charge in [-0.1, -0.05) is 34.6 Å². The summed E-state index contributed by atoms with van der Waals surface area (Å²) in [6.45, 7) is 22.9. The van der Waals surface area contributed by atoms with Gasteiger partial charge < -0.3 is 29.3 Å². The number of imide groups is 1. The van der Waals surface area contributed by atoms with Crippen LogP contribution in [0.25, 0.3) is 33.3 Å². The molecule has 1 atom stereocenters. The lowest BCUT2D eigenvalue weighted by molar-refractivity contribution is -0.140. The van der Waals surface area contributed by atoms with Crippen LogP contribution >= 0.6 is 0 Å². The molecular weight excluding hydrogens is 686 g/mol. The number of hydrogen-bond acceptors (Lipinski definition) is 9. The number of aromatic nitrogens is 4. The van der Waals surface area contributed by atoms with E-state index in [2.05, 4.69) is 48.6 Å². The lowest BCUT2D eigenvalue weighted by Crippen LogP contribution is -2.42. The van der Waals surface area contributed by atoms with Gasteiger partial charge in [0.25, 0.3) is 11.8 Å². The fourth-order valence-corrected chi connectivity index (χ4v) is 6.65. The SMILES string of the molecule is C=C.CC.CCC(=O)OC.CCC1=C(C)c2cc3nc(cc4[nH]c(c5c6[nH]c(cc1n2)c(C)c6C(=O)N(CCOCCOC)C5=O)CC4C)C(C)=C3CO. The average molecular weight is 744 g/mol. The molecule has 0 fully saturated rings. The zero-order chi connectivity index (χ0) is 40.3. The number of ether oxygens (including phenoxy) is 3. The summed E-state index contributed by atoms with van der Waals surface area (Å²) in [5.41, 5.74) is 11.5. The molecule has 12 heteroatoms. The fourth-order valence-electron chi connectivity index (χ4n) is 6.65. The first-order valence-corrected chi connectivity index (χ1v) is 18.6. The van der Waals surface area contributed by atoms with Crippen LogP contribution in [0.15, 0.2) is 31.4 Å². The highest BCUT2D eigenvalue weighted by Crippen LogP contribution is 2.38. The highest BCUT2D eigenvalue weighted by Gasteiger charge is 2.37. The summed E-state index contributed by atoms with van der Waals surface area (Å²) in [5, 5.41) is 10.3. The van der Waals surface area contributed by atoms with Gasteiger partial charge in [-0.15, -0.1) is 13.2 Å². The third-order valence-corrected chi connectivity index (χ3v) is 9.63. The van der Waals surface area contributed by atoms with E-state index in [4.69, 9.17) is 19.4 Å². The summed E-state index contributed by atoms with van der Waals surface area (Å²) < 4.78 is 15.0. The third-order valence-electron chi connectivity index (χ3n) is 9.63. The number of fused-ring (bicyclic) bond motifs is 8. The molecule has 292 valence electrons. The van der Waals surface area contributed by atoms with E-state index < -0.39 is 0 Å². The van der Waals surface area contributed by atoms with Crippen LogP contribution in [0, 0.1) is 6.92 Å². The van der Waals surface area contributed by atoms with Crippen molar-refractivity contribution in [2.24, 2.45) is 0 Å². The molecule has 0 saturated heterocycles. The summed E-state index contributed by atoms with van der Waals surface area (Å²) in [7, 11) is 2.98. The Morgan fingerprint density at radius 2 is 1.50 bits per heavy atom. The Morgan fingerprint density at radius 1 is 0.889 bits per heavy atom. The summed E-state index contributed by atoms with van der Waals surface area (Å²) in [5.74, 6) is -0.780. The maximum absolute atomic E-state index is 14.1. The van der Waals surface area contributed by atoms with Crippen molar-refractivity contribution in [1.29, 1.82) is 0 Å². The zero-order valence-corrected chi connectivity index (χ0v) is 33.6. The Morgan fingerprint density at radius 3 is 2.07 bits per heavy atom. The van der Waals surface area contributed by atoms with Crippen molar-refractivity contribution in [3.05, 3.63) is 82.2 Å². The molecule has 1 unspecified atom stereocenters. The van der Waals surface area contributed by atoms with Crippen molar-refractivity contribution in [3.63, 3.8) is 0 Å². The van der Waals surface area contributed by atoms with E-state index >= 15 is 0 Å². The van der Waals surface area contributed by atoms with Crippen LogP contribution in [0.1, 0.15) is 128 Å². The number of esters is 1. The molecule has 6 rings (SSSR count). The van der Waals surface area contributed by atoms with Gasteiger partial charge in [0, 0.05) is 41.9 Å². The number of aliphatic hydroxyl groups is 1. The molecule has 2 aromatic rings. The van der Waals surface area contributed by atoms with Gasteiger partial charge in [0.1, 0.15) is 0 Å². The minimum absolute atomic E-state index is 0.0734. The van der Waals surface area contributed by atoms with Gasteiger partial charge in [0.15, 0.2) is 0 Å². The molecule has 4 aliphatic heterocycles. The van der Waals surface area contributed by atoms with Crippen molar-refractivity contribution in [2.75, 3.05) is 47.2 Å². The molecule has 0 saturated carbocycles. The normalized spacial score (nSPS) is 15.1. The largest absolute Gasteiger partial charge is 0.469 e. The van der Waals surface area contributed by atoms with Gasteiger partial charge in [0.2, 0.25) is 0 Å². The van der Waals surface area contributed by atoms with E-state index in [0.717, 1.165) is 68.3 Å². The predicted molar refractivity (Wildman–Crippen MR) is 214 cm³/mol. The molecule has 6 heterocycles. The Hall–Kier alpha value is -4.91. The van der Waals surface area contributed by atoms with Crippen LogP contribution < -0.4 is 0 Å². The molecule has 0 spiro atoms. The quantitative estimate of drug-likeness (QED) is 0.102. The van der Waals surface area contributed by atoms with Gasteiger partial charge in [-0.25, -0.2) is 9.97 Å². The Kier molecular flexibility index (Phi) is 16.1. The lowest BCUT2D eigenvalue weighted by Gasteiger charge is -2.25. The first-order chi connectivity index (χ1) is 26.0. The lowest BCUT2D eigenvalue weighted by atomic mass is 9.97. The average Bonchev–Trinajstić information content (AvgIpc) is 3.88. The Bertz CT molecular complexity index is 1980. The zero-order valence-electron chi connectivity index (χ0n) is 33.6. The fraction of sp³-hybridized carbons (Fsp3) is 0.452. The number of nitrogens with zero attached hydrogens (tertiary/aromatic N) is 3. The molecular formula is C42H57N5O7. The predicted octanol–water partition coefficient (Wildman–Crippen LogP) is 7.61. The molecule has 0 aromatic carbocycles. The molecule has 54 heavy (non-hydrogen) atoms. The van der Waals surface area contributed by atoms with Crippen molar-refractivity contribution in [3.8, 4) is 0 Å². The number of H-pyrrole nitrogens is 2. The number of aliphatic hydroxyl groups excluding tert-OH is 1. The molecule has 2 aromatic heterocycles. The topological polar surface area (TPSA) is 160 Å². The van der Waals surface area contributed by atoms with E-state index in [-0.39, 0.29) is 43.5 Å². The van der Waals surface area contributed by atoms with Gasteiger partial charge in [-0.3, -0.25) is 19.3 Å². The van der Waals surface area contributed by atoms with E-state index in [1.807, 2.05) is 45.9 Å². The number of rotatable bonds is 9. The van der Waals surface area contributed by atoms with Crippen LogP contribution in [0.2, 0.25) is 0 Å². The maximum Gasteiger partial charge on any atom is 0.305 e. The van der Waals surface area contributed by atoms with Crippen LogP contribution in [0.3, 0.4) is 0 Å². The standard InChI is InChI=1S/C34H39N5O5.C4H8O2.C2H6.C2H4/c1-7-21-18(3)25-14-28-22(16-40)19(4)24(37-28)13-23-17(2)12-29(35-23)31-32-30(20(5)26(38-32)15-27(21)36-25)33(41)39(34(31)42)8-9-44-11-10-43-6;1-3-4(5)6-2;2*1-2/h13-15,17,35,38,40H,7-12,16H2,1-6H3;3H2,1-2H3;1-2H3;1-2H2. The van der Waals surface area contributed by atoms with Crippen LogP contribution in [0.4, 0.5) is 0 Å². The number of methoxy groups -OCH3 is 2. The second-order valence-corrected chi connectivity index (χ2v) is 12.7. The van der Waals surface area contributed by atoms with Crippen molar-refractivity contribution in [2.45, 2.75) is 80.6 Å². The summed E-state index contributed by atoms with van der Waals surface area (Å²) in [6, 6.07) is 5.93. The molecule has 0 radical (unpaired) electrons. The number of nitrogens with one attached hydrogen (secondary N) is 2. The molecule has 4 aliphatic rings. The second kappa shape index (κ2) is 20.0. The first-order valence-electron chi connectivity index (χ1n) is 18.6. The minimum Gasteiger partial charge on any atom is -0.469 e. The highest BCUT2D eigenvalue weighted by atomic mass is 16.5. The number of aromatic amines is 2. The molecule has 12 nitrogen and oxygen atoms in total. The summed E-state index contributed by atoms with van der Waals surface area (Å²) in [6.07, 6.45) is 1.82. The van der Waals surface area contributed by atoms with Crippen LogP contribution in [-0.2, 0) is 25.4 Å². The van der Waals surface area contributed by atoms with E-state index in [1.54, 1.807) is 14.0 Å². The maximum atomic E-state index is 14.1. The molecule has 8 bridgehead atoms. The van der Waals surface area contributed by atoms with E-state index in [9.17, 15) is 19.5 Å². The Balaban J connectivity index is 0.000000706. The first kappa shape index (κ1) is 43.5. The third kappa shape index (κ3) is 8.89. The van der Waals surface area contributed by atoms with Crippen molar-refractivity contribution < 1.29 is 33.7 Å². The number of aryl methyl sites for hydroxylation is 1. The minimum atomic E-state index is -0.358. The summed E-state index contributed by atoms with van der Waals surface area (Å²) >= 11 is 0.